The zero-order chi connectivity index (χ0) is 26.6. The fraction of sp³-hybridized carbons (Fsp3) is 0.357. The molecular formula is C28H31N3O6. The van der Waals surface area contributed by atoms with E-state index in [0.29, 0.717) is 40.9 Å². The highest BCUT2D eigenvalue weighted by Gasteiger charge is 2.29. The van der Waals surface area contributed by atoms with Crippen LogP contribution in [-0.2, 0) is 9.59 Å². The molecule has 0 aliphatic heterocycles. The van der Waals surface area contributed by atoms with E-state index in [9.17, 15) is 9.59 Å². The molecule has 0 aromatic heterocycles. The zero-order valence-electron chi connectivity index (χ0n) is 21.3. The number of methoxy groups -OCH3 is 3. The summed E-state index contributed by atoms with van der Waals surface area (Å²) in [5.41, 5.74) is 9.87. The fourth-order valence-electron chi connectivity index (χ4n) is 4.01. The highest BCUT2D eigenvalue weighted by atomic mass is 16.5. The third-order valence-corrected chi connectivity index (χ3v) is 6.30. The average Bonchev–Trinajstić information content (AvgIpc) is 2.90. The molecule has 1 atom stereocenters. The lowest BCUT2D eigenvalue weighted by Gasteiger charge is -2.27. The van der Waals surface area contributed by atoms with E-state index in [-0.39, 0.29) is 18.3 Å². The first kappa shape index (κ1) is 27.4. The fourth-order valence-corrected chi connectivity index (χ4v) is 4.01. The van der Waals surface area contributed by atoms with Crippen molar-refractivity contribution in [1.29, 1.82) is 0 Å². The minimum absolute atomic E-state index is 0.164. The molecule has 0 saturated heterocycles. The Bertz CT molecular complexity index is 1210. The number of ether oxygens (including phenoxy) is 4. The third-order valence-electron chi connectivity index (χ3n) is 6.30. The van der Waals surface area contributed by atoms with Crippen LogP contribution in [0.1, 0.15) is 36.8 Å². The second kappa shape index (κ2) is 13.8. The number of allylic oxidation sites excluding steroid dienone is 2. The van der Waals surface area contributed by atoms with E-state index in [1.165, 1.54) is 19.3 Å². The van der Waals surface area contributed by atoms with Crippen molar-refractivity contribution in [1.82, 2.24) is 0 Å². The molecule has 2 aromatic carbocycles. The number of carbonyl (C=O) groups is 2. The van der Waals surface area contributed by atoms with Crippen molar-refractivity contribution in [2.24, 2.45) is 17.0 Å². The molecule has 1 aliphatic carbocycles. The maximum absolute atomic E-state index is 13.1. The van der Waals surface area contributed by atoms with E-state index < -0.39 is 5.92 Å². The lowest BCUT2D eigenvalue weighted by Crippen LogP contribution is -2.26. The molecule has 0 radical (unpaired) electrons. The van der Waals surface area contributed by atoms with Crippen LogP contribution in [0.5, 0.6) is 23.0 Å². The van der Waals surface area contributed by atoms with E-state index in [1.807, 2.05) is 6.07 Å². The first-order valence-corrected chi connectivity index (χ1v) is 12.0. The van der Waals surface area contributed by atoms with E-state index in [2.05, 4.69) is 10.0 Å². The van der Waals surface area contributed by atoms with Gasteiger partial charge >= 0.3 is 0 Å². The monoisotopic (exact) mass is 505 g/mol. The molecule has 0 spiro atoms. The Hall–Kier alpha value is -4.23. The summed E-state index contributed by atoms with van der Waals surface area (Å²) in [6, 6.07) is 10.5. The molecule has 0 amide bonds. The van der Waals surface area contributed by atoms with Gasteiger partial charge < -0.3 is 18.9 Å². The Morgan fingerprint density at radius 2 is 1.46 bits per heavy atom. The zero-order valence-corrected chi connectivity index (χ0v) is 21.3. The number of nitrogens with zero attached hydrogens (tertiary/aromatic N) is 3. The maximum Gasteiger partial charge on any atom is 0.167 e. The molecule has 0 heterocycles. The molecule has 0 N–H and O–H groups in total. The van der Waals surface area contributed by atoms with Crippen LogP contribution in [0.4, 0.5) is 0 Å². The van der Waals surface area contributed by atoms with Crippen LogP contribution in [0.15, 0.2) is 53.7 Å². The molecule has 194 valence electrons. The second-order valence-corrected chi connectivity index (χ2v) is 8.59. The highest BCUT2D eigenvalue weighted by Crippen LogP contribution is 2.34. The van der Waals surface area contributed by atoms with Crippen molar-refractivity contribution >= 4 is 23.7 Å². The largest absolute Gasteiger partial charge is 0.493 e. The minimum Gasteiger partial charge on any atom is -0.493 e. The van der Waals surface area contributed by atoms with Crippen molar-refractivity contribution in [2.45, 2.75) is 25.7 Å². The van der Waals surface area contributed by atoms with E-state index in [4.69, 9.17) is 24.5 Å². The Morgan fingerprint density at radius 3 is 1.95 bits per heavy atom. The van der Waals surface area contributed by atoms with Gasteiger partial charge in [-0.1, -0.05) is 48.7 Å². The Morgan fingerprint density at radius 1 is 0.919 bits per heavy atom. The van der Waals surface area contributed by atoms with Gasteiger partial charge in [-0.05, 0) is 65.4 Å². The van der Waals surface area contributed by atoms with Crippen LogP contribution in [0.25, 0.3) is 22.6 Å². The summed E-state index contributed by atoms with van der Waals surface area (Å²) in [7, 11) is 4.60. The smallest absolute Gasteiger partial charge is 0.167 e. The lowest BCUT2D eigenvalue weighted by atomic mass is 9.76. The van der Waals surface area contributed by atoms with Crippen LogP contribution in [0.3, 0.4) is 0 Å². The molecule has 1 saturated carbocycles. The predicted octanol–water partition coefficient (Wildman–Crippen LogP) is 6.03. The quantitative estimate of drug-likeness (QED) is 0.102. The van der Waals surface area contributed by atoms with Crippen LogP contribution in [-0.4, -0.2) is 39.6 Å². The average molecular weight is 506 g/mol. The summed E-state index contributed by atoms with van der Waals surface area (Å²) >= 11 is 0. The minimum atomic E-state index is -0.744. The van der Waals surface area contributed by atoms with E-state index >= 15 is 0 Å². The van der Waals surface area contributed by atoms with E-state index in [0.717, 1.165) is 24.8 Å². The Balaban J connectivity index is 1.75. The number of ketones is 2. The standard InChI is InChI=1S/C28H31N3O6/c1-34-25-13-9-20(16-27(25)35-2)7-11-23(32)22(15-19-5-4-6-19)24(33)12-8-21-10-14-26(28(17-21)36-3)37-18-30-31-29/h7-14,16-17,19,22H,4-6,15,18H2,1-3H3/b11-7+,12-8+. The second-order valence-electron chi connectivity index (χ2n) is 8.59. The molecule has 9 nitrogen and oxygen atoms in total. The number of carbonyl (C=O) groups excluding carboxylic acids is 2. The van der Waals surface area contributed by atoms with Gasteiger partial charge in [-0.15, -0.1) is 0 Å². The van der Waals surface area contributed by atoms with Gasteiger partial charge in [0.1, 0.15) is 0 Å². The lowest BCUT2D eigenvalue weighted by molar-refractivity contribution is -0.128. The predicted molar refractivity (Wildman–Crippen MR) is 141 cm³/mol. The molecule has 3 rings (SSSR count). The van der Waals surface area contributed by atoms with Gasteiger partial charge in [0.2, 0.25) is 0 Å². The van der Waals surface area contributed by atoms with Crippen molar-refractivity contribution in [2.75, 3.05) is 28.1 Å². The van der Waals surface area contributed by atoms with Gasteiger partial charge in [-0.3, -0.25) is 9.59 Å². The summed E-state index contributed by atoms with van der Waals surface area (Å²) in [5, 5.41) is 3.34. The number of hydrogen-bond donors (Lipinski definition) is 0. The van der Waals surface area contributed by atoms with Gasteiger partial charge in [-0.25, -0.2) is 0 Å². The third kappa shape index (κ3) is 7.62. The van der Waals surface area contributed by atoms with Gasteiger partial charge in [0, 0.05) is 4.91 Å². The van der Waals surface area contributed by atoms with Crippen LogP contribution < -0.4 is 18.9 Å². The molecule has 0 bridgehead atoms. The summed E-state index contributed by atoms with van der Waals surface area (Å²) in [5.74, 6) is 1.18. The SMILES string of the molecule is COc1ccc(/C=C/C(=O)C(CC2CCC2)C(=O)/C=C/c2ccc(OCN=[N+]=[N-])c(OC)c2)cc1OC. The molecule has 1 unspecified atom stereocenters. The number of benzene rings is 2. The topological polar surface area (TPSA) is 120 Å². The van der Waals surface area contributed by atoms with Gasteiger partial charge in [0.05, 0.1) is 27.2 Å². The summed E-state index contributed by atoms with van der Waals surface area (Å²) in [6.45, 7) is -0.164. The Kier molecular flexibility index (Phi) is 10.2. The summed E-state index contributed by atoms with van der Waals surface area (Å²) in [4.78, 5) is 28.9. The molecule has 2 aromatic rings. The van der Waals surface area contributed by atoms with Crippen molar-refractivity contribution in [3.63, 3.8) is 0 Å². The first-order chi connectivity index (χ1) is 18.0. The number of rotatable bonds is 14. The normalized spacial score (nSPS) is 14.0. The Labute approximate surface area is 216 Å². The molecule has 37 heavy (non-hydrogen) atoms. The van der Waals surface area contributed by atoms with Gasteiger partial charge in [0.25, 0.3) is 0 Å². The summed E-state index contributed by atoms with van der Waals surface area (Å²) < 4.78 is 21.3. The number of azide groups is 1. The first-order valence-electron chi connectivity index (χ1n) is 12.0. The van der Waals surface area contributed by atoms with Crippen molar-refractivity contribution in [3.8, 4) is 23.0 Å². The molecule has 1 fully saturated rings. The van der Waals surface area contributed by atoms with Gasteiger partial charge in [-0.2, -0.15) is 0 Å². The van der Waals surface area contributed by atoms with Crippen LogP contribution in [0.2, 0.25) is 0 Å². The van der Waals surface area contributed by atoms with Gasteiger partial charge in [0.15, 0.2) is 41.3 Å². The highest BCUT2D eigenvalue weighted by molar-refractivity contribution is 6.13. The van der Waals surface area contributed by atoms with Crippen LogP contribution in [0, 0.1) is 11.8 Å². The number of hydrogen-bond acceptors (Lipinski definition) is 7. The van der Waals surface area contributed by atoms with Crippen molar-refractivity contribution < 1.29 is 28.5 Å². The molecule has 9 heteroatoms. The summed E-state index contributed by atoms with van der Waals surface area (Å²) in [6.07, 6.45) is 9.99. The van der Waals surface area contributed by atoms with E-state index in [1.54, 1.807) is 56.7 Å². The molecule has 1 aliphatic rings. The molecular weight excluding hydrogens is 474 g/mol. The maximum atomic E-state index is 13.1. The van der Waals surface area contributed by atoms with Crippen LogP contribution >= 0.6 is 0 Å². The van der Waals surface area contributed by atoms with Crippen molar-refractivity contribution in [3.05, 3.63) is 70.1 Å².